The van der Waals surface area contributed by atoms with Gasteiger partial charge < -0.3 is 10.6 Å². The Bertz CT molecular complexity index is 861. The van der Waals surface area contributed by atoms with Gasteiger partial charge in [0.1, 0.15) is 0 Å². The number of nitrogens with one attached hydrogen (secondary N) is 2. The number of para-hydroxylation sites is 1. The summed E-state index contributed by atoms with van der Waals surface area (Å²) < 4.78 is 0. The van der Waals surface area contributed by atoms with Gasteiger partial charge in [-0.15, -0.1) is 11.8 Å². The van der Waals surface area contributed by atoms with Crippen molar-refractivity contribution in [2.45, 2.75) is 11.8 Å². The van der Waals surface area contributed by atoms with Crippen LogP contribution in [-0.4, -0.2) is 12.2 Å². The molecule has 0 aliphatic rings. The Hall–Kier alpha value is -2.72. The lowest BCUT2D eigenvalue weighted by Gasteiger charge is -2.10. The van der Waals surface area contributed by atoms with Gasteiger partial charge in [0.25, 0.3) is 5.91 Å². The van der Waals surface area contributed by atoms with E-state index in [0.29, 0.717) is 5.56 Å². The maximum atomic E-state index is 12.5. The largest absolute Gasteiger partial charge is 0.356 e. The van der Waals surface area contributed by atoms with E-state index in [1.165, 1.54) is 0 Å². The van der Waals surface area contributed by atoms with Crippen molar-refractivity contribution in [3.63, 3.8) is 0 Å². The third-order valence-electron chi connectivity index (χ3n) is 3.89. The first-order valence-electron chi connectivity index (χ1n) is 8.04. The van der Waals surface area contributed by atoms with E-state index >= 15 is 0 Å². The highest BCUT2D eigenvalue weighted by Crippen LogP contribution is 2.22. The average molecular weight is 348 g/mol. The summed E-state index contributed by atoms with van der Waals surface area (Å²) in [5.41, 5.74) is 4.46. The molecular formula is C21H20N2OS. The van der Waals surface area contributed by atoms with Crippen LogP contribution in [0.25, 0.3) is 0 Å². The van der Waals surface area contributed by atoms with Gasteiger partial charge in [0.05, 0.1) is 0 Å². The Morgan fingerprint density at radius 1 is 0.840 bits per heavy atom. The lowest BCUT2D eigenvalue weighted by molar-refractivity contribution is 0.102. The Morgan fingerprint density at radius 3 is 2.16 bits per heavy atom. The van der Waals surface area contributed by atoms with Crippen LogP contribution in [0.1, 0.15) is 15.9 Å². The molecule has 0 radical (unpaired) electrons. The molecule has 0 aliphatic carbocycles. The average Bonchev–Trinajstić information content (AvgIpc) is 2.64. The predicted molar refractivity (Wildman–Crippen MR) is 107 cm³/mol. The van der Waals surface area contributed by atoms with Crippen LogP contribution in [0.5, 0.6) is 0 Å². The second-order valence-electron chi connectivity index (χ2n) is 5.70. The molecule has 4 heteroatoms. The second kappa shape index (κ2) is 7.90. The number of hydrogen-bond acceptors (Lipinski definition) is 3. The van der Waals surface area contributed by atoms with Gasteiger partial charge in [-0.2, -0.15) is 0 Å². The lowest BCUT2D eigenvalue weighted by atomic mass is 10.1. The number of anilines is 3. The molecule has 3 rings (SSSR count). The van der Waals surface area contributed by atoms with Gasteiger partial charge in [-0.25, -0.2) is 0 Å². The van der Waals surface area contributed by atoms with Gasteiger partial charge in [-0.1, -0.05) is 24.3 Å². The zero-order valence-electron chi connectivity index (χ0n) is 14.2. The zero-order chi connectivity index (χ0) is 17.6. The summed E-state index contributed by atoms with van der Waals surface area (Å²) in [5, 5.41) is 6.29. The molecule has 3 aromatic carbocycles. The minimum Gasteiger partial charge on any atom is -0.356 e. The number of carbonyl (C=O) groups excluding carboxylic acids is 1. The van der Waals surface area contributed by atoms with Crippen molar-refractivity contribution >= 4 is 34.7 Å². The van der Waals surface area contributed by atoms with Crippen molar-refractivity contribution in [2.75, 3.05) is 16.9 Å². The first kappa shape index (κ1) is 17.1. The monoisotopic (exact) mass is 348 g/mol. The molecule has 0 fully saturated rings. The smallest absolute Gasteiger partial charge is 0.255 e. The fraction of sp³-hybridized carbons (Fsp3) is 0.0952. The van der Waals surface area contributed by atoms with Crippen LogP contribution in [0.3, 0.4) is 0 Å². The molecule has 0 spiro atoms. The number of rotatable bonds is 5. The number of thioether (sulfide) groups is 1. The Balaban J connectivity index is 1.70. The Labute approximate surface area is 152 Å². The van der Waals surface area contributed by atoms with Crippen molar-refractivity contribution in [1.29, 1.82) is 0 Å². The minimum absolute atomic E-state index is 0.0860. The predicted octanol–water partition coefficient (Wildman–Crippen LogP) is 5.71. The zero-order valence-corrected chi connectivity index (χ0v) is 15.1. The molecule has 1 amide bonds. The van der Waals surface area contributed by atoms with Crippen LogP contribution < -0.4 is 10.6 Å². The molecule has 0 unspecified atom stereocenters. The van der Waals surface area contributed by atoms with E-state index in [9.17, 15) is 4.79 Å². The number of benzene rings is 3. The topological polar surface area (TPSA) is 41.1 Å². The molecule has 0 aromatic heterocycles. The highest BCUT2D eigenvalue weighted by Gasteiger charge is 2.10. The van der Waals surface area contributed by atoms with E-state index in [4.69, 9.17) is 0 Å². The minimum atomic E-state index is -0.0860. The second-order valence-corrected chi connectivity index (χ2v) is 6.58. The molecule has 3 nitrogen and oxygen atoms in total. The summed E-state index contributed by atoms with van der Waals surface area (Å²) in [6, 6.07) is 23.6. The number of hydrogen-bond donors (Lipinski definition) is 2. The van der Waals surface area contributed by atoms with E-state index in [-0.39, 0.29) is 5.91 Å². The first-order chi connectivity index (χ1) is 12.2. The third-order valence-corrected chi connectivity index (χ3v) is 4.62. The molecular weight excluding hydrogens is 328 g/mol. The molecule has 25 heavy (non-hydrogen) atoms. The fourth-order valence-corrected chi connectivity index (χ4v) is 2.94. The van der Waals surface area contributed by atoms with E-state index in [1.54, 1.807) is 11.8 Å². The van der Waals surface area contributed by atoms with Crippen LogP contribution in [0, 0.1) is 6.92 Å². The van der Waals surface area contributed by atoms with Gasteiger partial charge >= 0.3 is 0 Å². The molecule has 0 aliphatic heterocycles. The van der Waals surface area contributed by atoms with E-state index in [2.05, 4.69) is 10.6 Å². The van der Waals surface area contributed by atoms with E-state index < -0.39 is 0 Å². The highest BCUT2D eigenvalue weighted by molar-refractivity contribution is 7.98. The van der Waals surface area contributed by atoms with Crippen molar-refractivity contribution in [3.05, 3.63) is 83.9 Å². The first-order valence-corrected chi connectivity index (χ1v) is 9.26. The normalized spacial score (nSPS) is 10.3. The van der Waals surface area contributed by atoms with E-state index in [0.717, 1.165) is 27.5 Å². The summed E-state index contributed by atoms with van der Waals surface area (Å²) in [5.74, 6) is -0.0860. The maximum Gasteiger partial charge on any atom is 0.255 e. The third kappa shape index (κ3) is 4.43. The van der Waals surface area contributed by atoms with Crippen molar-refractivity contribution in [1.82, 2.24) is 0 Å². The maximum absolute atomic E-state index is 12.5. The van der Waals surface area contributed by atoms with Gasteiger partial charge in [0, 0.05) is 27.5 Å². The fourth-order valence-electron chi connectivity index (χ4n) is 2.50. The van der Waals surface area contributed by atoms with Crippen LogP contribution in [0.15, 0.2) is 77.7 Å². The molecule has 0 heterocycles. The lowest BCUT2D eigenvalue weighted by Crippen LogP contribution is -2.13. The number of aryl methyl sites for hydroxylation is 1. The van der Waals surface area contributed by atoms with Crippen LogP contribution >= 0.6 is 11.8 Å². The van der Waals surface area contributed by atoms with Crippen LogP contribution in [-0.2, 0) is 0 Å². The quantitative estimate of drug-likeness (QED) is 0.580. The van der Waals surface area contributed by atoms with Crippen LogP contribution in [0.4, 0.5) is 17.1 Å². The van der Waals surface area contributed by atoms with Crippen molar-refractivity contribution in [2.24, 2.45) is 0 Å². The van der Waals surface area contributed by atoms with Gasteiger partial charge in [-0.05, 0) is 67.3 Å². The highest BCUT2D eigenvalue weighted by atomic mass is 32.2. The summed E-state index contributed by atoms with van der Waals surface area (Å²) in [6.45, 7) is 1.95. The summed E-state index contributed by atoms with van der Waals surface area (Å²) in [6.07, 6.45) is 2.00. The summed E-state index contributed by atoms with van der Waals surface area (Å²) in [4.78, 5) is 13.6. The van der Waals surface area contributed by atoms with E-state index in [1.807, 2.05) is 86.0 Å². The number of carbonyl (C=O) groups is 1. The van der Waals surface area contributed by atoms with Gasteiger partial charge in [0.15, 0.2) is 0 Å². The standard InChI is InChI=1S/C21H20N2OS/c1-15-8-13-19(25-2)14-20(15)21(24)23-18-11-9-17(10-12-18)22-16-6-4-3-5-7-16/h3-14,22H,1-2H3,(H,23,24). The summed E-state index contributed by atoms with van der Waals surface area (Å²) >= 11 is 1.63. The van der Waals surface area contributed by atoms with Gasteiger partial charge in [0.2, 0.25) is 0 Å². The summed E-state index contributed by atoms with van der Waals surface area (Å²) in [7, 11) is 0. The molecule has 0 saturated heterocycles. The Kier molecular flexibility index (Phi) is 5.41. The van der Waals surface area contributed by atoms with Crippen molar-refractivity contribution < 1.29 is 4.79 Å². The SMILES string of the molecule is CSc1ccc(C)c(C(=O)Nc2ccc(Nc3ccccc3)cc2)c1. The molecule has 2 N–H and O–H groups in total. The molecule has 0 saturated carbocycles. The Morgan fingerprint density at radius 2 is 1.48 bits per heavy atom. The van der Waals surface area contributed by atoms with Crippen LogP contribution in [0.2, 0.25) is 0 Å². The molecule has 126 valence electrons. The van der Waals surface area contributed by atoms with Crippen molar-refractivity contribution in [3.8, 4) is 0 Å². The number of amides is 1. The molecule has 0 atom stereocenters. The van der Waals surface area contributed by atoms with Gasteiger partial charge in [-0.3, -0.25) is 4.79 Å². The molecule has 3 aromatic rings. The molecule has 0 bridgehead atoms.